The van der Waals surface area contributed by atoms with E-state index < -0.39 is 5.41 Å². The van der Waals surface area contributed by atoms with Gasteiger partial charge in [-0.25, -0.2) is 0 Å². The molecule has 2 aliphatic rings. The van der Waals surface area contributed by atoms with Gasteiger partial charge in [-0.05, 0) is 98.2 Å². The molecule has 11 rings (SSSR count). The highest BCUT2D eigenvalue weighted by molar-refractivity contribution is 5.95. The van der Waals surface area contributed by atoms with Gasteiger partial charge in [-0.2, -0.15) is 0 Å². The van der Waals surface area contributed by atoms with Crippen LogP contribution < -0.4 is 9.64 Å². The Hall–Kier alpha value is -7.16. The van der Waals surface area contributed by atoms with E-state index in [1.54, 1.807) is 0 Å². The minimum Gasteiger partial charge on any atom is -0.457 e. The third-order valence-corrected chi connectivity index (χ3v) is 11.5. The van der Waals surface area contributed by atoms with E-state index in [2.05, 4.69) is 217 Å². The summed E-state index contributed by atoms with van der Waals surface area (Å²) in [7, 11) is 0. The van der Waals surface area contributed by atoms with Crippen molar-refractivity contribution in [3.63, 3.8) is 0 Å². The van der Waals surface area contributed by atoms with Gasteiger partial charge in [0.25, 0.3) is 0 Å². The fourth-order valence-electron chi connectivity index (χ4n) is 9.11. The first-order chi connectivity index (χ1) is 27.3. The molecule has 0 bridgehead atoms. The fourth-order valence-corrected chi connectivity index (χ4v) is 9.11. The Balaban J connectivity index is 1.21. The lowest BCUT2D eigenvalue weighted by Crippen LogP contribution is -2.32. The number of hydrogen-bond acceptors (Lipinski definition) is 2. The zero-order valence-electron chi connectivity index (χ0n) is 30.1. The molecule has 0 N–H and O–H groups in total. The molecule has 0 radical (unpaired) electrons. The molecular weight excluding hydrogens is 667 g/mol. The molecule has 1 aliphatic heterocycles. The number of benzene rings is 9. The molecule has 1 unspecified atom stereocenters. The van der Waals surface area contributed by atoms with Crippen LogP contribution in [0.5, 0.6) is 11.5 Å². The van der Waals surface area contributed by atoms with Crippen molar-refractivity contribution >= 4 is 27.8 Å². The van der Waals surface area contributed by atoms with Crippen LogP contribution in [-0.2, 0) is 5.41 Å². The van der Waals surface area contributed by atoms with Crippen LogP contribution in [0.3, 0.4) is 0 Å². The molecule has 1 aliphatic carbocycles. The molecule has 2 heteroatoms. The Morgan fingerprint density at radius 1 is 0.327 bits per heavy atom. The van der Waals surface area contributed by atoms with Crippen molar-refractivity contribution in [3.05, 3.63) is 235 Å². The van der Waals surface area contributed by atoms with Gasteiger partial charge in [0.05, 0.1) is 11.1 Å². The third-order valence-electron chi connectivity index (χ3n) is 11.5. The van der Waals surface area contributed by atoms with Crippen molar-refractivity contribution in [3.8, 4) is 44.9 Å². The summed E-state index contributed by atoms with van der Waals surface area (Å²) in [6.45, 7) is 0. The van der Waals surface area contributed by atoms with Gasteiger partial charge in [0.2, 0.25) is 0 Å². The van der Waals surface area contributed by atoms with Crippen LogP contribution in [0.1, 0.15) is 22.3 Å². The van der Waals surface area contributed by atoms with Crippen LogP contribution in [0.15, 0.2) is 212 Å². The van der Waals surface area contributed by atoms with E-state index in [1.807, 2.05) is 0 Å². The van der Waals surface area contributed by atoms with Crippen molar-refractivity contribution < 1.29 is 4.74 Å². The van der Waals surface area contributed by atoms with Crippen molar-refractivity contribution in [2.24, 2.45) is 0 Å². The second-order valence-corrected chi connectivity index (χ2v) is 14.5. The summed E-state index contributed by atoms with van der Waals surface area (Å²) in [5, 5.41) is 2.42. The molecule has 9 aromatic carbocycles. The molecule has 0 saturated heterocycles. The lowest BCUT2D eigenvalue weighted by atomic mass is 9.65. The van der Waals surface area contributed by atoms with E-state index in [0.717, 1.165) is 39.7 Å². The molecule has 0 fully saturated rings. The minimum atomic E-state index is -0.620. The van der Waals surface area contributed by atoms with Gasteiger partial charge in [-0.15, -0.1) is 0 Å². The topological polar surface area (TPSA) is 12.5 Å². The lowest BCUT2D eigenvalue weighted by Gasteiger charge is -2.40. The fraction of sp³-hybridized carbons (Fsp3) is 0.0189. The molecule has 0 saturated carbocycles. The predicted molar refractivity (Wildman–Crippen MR) is 227 cm³/mol. The maximum Gasteiger partial charge on any atom is 0.132 e. The minimum absolute atomic E-state index is 0.620. The molecule has 0 aromatic heterocycles. The monoisotopic (exact) mass is 701 g/mol. The van der Waals surface area contributed by atoms with Crippen molar-refractivity contribution in [1.29, 1.82) is 0 Å². The van der Waals surface area contributed by atoms with E-state index in [4.69, 9.17) is 4.74 Å². The molecule has 55 heavy (non-hydrogen) atoms. The summed E-state index contributed by atoms with van der Waals surface area (Å²) in [6, 6.07) is 77.0. The van der Waals surface area contributed by atoms with Crippen LogP contribution in [0.25, 0.3) is 44.2 Å². The number of para-hydroxylation sites is 2. The largest absolute Gasteiger partial charge is 0.457 e. The van der Waals surface area contributed by atoms with Crippen molar-refractivity contribution in [1.82, 2.24) is 0 Å². The summed E-state index contributed by atoms with van der Waals surface area (Å²) in [5.74, 6) is 1.77. The van der Waals surface area contributed by atoms with E-state index in [-0.39, 0.29) is 0 Å². The zero-order chi connectivity index (χ0) is 36.3. The Labute approximate surface area is 321 Å². The maximum atomic E-state index is 6.80. The maximum absolute atomic E-state index is 6.80. The molecule has 1 atom stereocenters. The van der Waals surface area contributed by atoms with Gasteiger partial charge >= 0.3 is 0 Å². The van der Waals surface area contributed by atoms with Crippen LogP contribution >= 0.6 is 0 Å². The average molecular weight is 702 g/mol. The number of anilines is 3. The summed E-state index contributed by atoms with van der Waals surface area (Å²) in [6.07, 6.45) is 0. The first kappa shape index (κ1) is 31.4. The highest BCUT2D eigenvalue weighted by Gasteiger charge is 2.51. The quantitative estimate of drug-likeness (QED) is 0.177. The smallest absolute Gasteiger partial charge is 0.132 e. The third kappa shape index (κ3) is 4.82. The van der Waals surface area contributed by atoms with Gasteiger partial charge in [0, 0.05) is 28.1 Å². The van der Waals surface area contributed by atoms with Crippen LogP contribution in [0.2, 0.25) is 0 Å². The van der Waals surface area contributed by atoms with E-state index in [1.165, 1.54) is 55.3 Å². The molecule has 1 spiro atoms. The summed E-state index contributed by atoms with van der Waals surface area (Å²) in [4.78, 5) is 2.44. The molecule has 0 amide bonds. The van der Waals surface area contributed by atoms with Crippen molar-refractivity contribution in [2.45, 2.75) is 5.41 Å². The Kier molecular flexibility index (Phi) is 7.11. The summed E-state index contributed by atoms with van der Waals surface area (Å²) in [5.41, 5.74) is 14.7. The predicted octanol–water partition coefficient (Wildman–Crippen LogP) is 14.1. The number of rotatable bonds is 5. The van der Waals surface area contributed by atoms with Gasteiger partial charge in [-0.1, -0.05) is 164 Å². The first-order valence-corrected chi connectivity index (χ1v) is 18.9. The first-order valence-electron chi connectivity index (χ1n) is 18.9. The van der Waals surface area contributed by atoms with Gasteiger partial charge in [-0.3, -0.25) is 0 Å². The van der Waals surface area contributed by atoms with Crippen LogP contribution in [-0.4, -0.2) is 0 Å². The number of fused-ring (bicyclic) bond motifs is 10. The van der Waals surface area contributed by atoms with Crippen LogP contribution in [0, 0.1) is 0 Å². The SMILES string of the molecule is c1ccc(-c2ccc3c(c2)C2(c4ccccc4O3)c3ccccc3-c3ccc(N(c4ccc5ccccc5c4)c4ccccc4-c4ccccc4)cc32)cc1. The molecular formula is C53H35NO. The summed E-state index contributed by atoms with van der Waals surface area (Å²) < 4.78 is 6.80. The Bertz CT molecular complexity index is 2910. The molecule has 258 valence electrons. The van der Waals surface area contributed by atoms with Crippen molar-refractivity contribution in [2.75, 3.05) is 4.90 Å². The average Bonchev–Trinajstić information content (AvgIpc) is 3.54. The van der Waals surface area contributed by atoms with Gasteiger partial charge in [0.1, 0.15) is 11.5 Å². The number of nitrogens with zero attached hydrogens (tertiary/aromatic N) is 1. The van der Waals surface area contributed by atoms with E-state index in [9.17, 15) is 0 Å². The van der Waals surface area contributed by atoms with E-state index >= 15 is 0 Å². The van der Waals surface area contributed by atoms with Crippen LogP contribution in [0.4, 0.5) is 17.1 Å². The van der Waals surface area contributed by atoms with Gasteiger partial charge < -0.3 is 9.64 Å². The van der Waals surface area contributed by atoms with E-state index in [0.29, 0.717) is 0 Å². The second kappa shape index (κ2) is 12.5. The Morgan fingerprint density at radius 2 is 0.927 bits per heavy atom. The number of ether oxygens (including phenoxy) is 1. The molecule has 1 heterocycles. The zero-order valence-corrected chi connectivity index (χ0v) is 30.1. The molecule has 9 aromatic rings. The highest BCUT2D eigenvalue weighted by atomic mass is 16.5. The highest BCUT2D eigenvalue weighted by Crippen LogP contribution is 2.63. The number of hydrogen-bond donors (Lipinski definition) is 0. The standard InChI is InChI=1S/C53H35NO/c1-3-15-36(16-4-1)40-28-32-52-49(34-40)53(47-24-12-14-26-51(47)55-52)46-23-11-9-22-44(46)45-31-30-42(35-48(45)53)54(41-29-27-37-17-7-8-20-39(37)33-41)50-25-13-10-21-43(50)38-18-5-2-6-19-38/h1-35H. The second-order valence-electron chi connectivity index (χ2n) is 14.5. The van der Waals surface area contributed by atoms with Gasteiger partial charge in [0.15, 0.2) is 0 Å². The molecule has 2 nitrogen and oxygen atoms in total. The Morgan fingerprint density at radius 3 is 1.76 bits per heavy atom. The normalized spacial score (nSPS) is 14.8. The summed E-state index contributed by atoms with van der Waals surface area (Å²) >= 11 is 0. The lowest BCUT2D eigenvalue weighted by molar-refractivity contribution is 0.436.